The quantitative estimate of drug-likeness (QED) is 0.0204. The number of hydrogen-bond donors (Lipinski definition) is 9. The topological polar surface area (TPSA) is 228 Å². The maximum Gasteiger partial charge on any atom is 0.220 e. The molecule has 14 nitrogen and oxygen atoms in total. The molecule has 2 aliphatic rings. The molecule has 2 heterocycles. The molecular weight excluding hydrogens is 1190 g/mol. The van der Waals surface area contributed by atoms with Crippen LogP contribution in [0.1, 0.15) is 328 Å². The first-order chi connectivity index (χ1) is 46.6. The Morgan fingerprint density at radius 2 is 0.726 bits per heavy atom. The zero-order valence-corrected chi connectivity index (χ0v) is 60.4. The summed E-state index contributed by atoms with van der Waals surface area (Å²) in [6.45, 7) is 2.73. The Morgan fingerprint density at radius 1 is 0.389 bits per heavy atom. The molecule has 2 aliphatic heterocycles. The van der Waals surface area contributed by atoms with Crippen molar-refractivity contribution in [3.05, 3.63) is 85.1 Å². The summed E-state index contributed by atoms with van der Waals surface area (Å²) in [6, 6.07) is -0.921. The van der Waals surface area contributed by atoms with Gasteiger partial charge in [0.1, 0.15) is 48.8 Å². The molecule has 552 valence electrons. The average molecular weight is 1340 g/mol. The lowest BCUT2D eigenvalue weighted by Crippen LogP contribution is -2.65. The first kappa shape index (κ1) is 88.3. The number of carbonyl (C=O) groups excluding carboxylic acids is 1. The minimum Gasteiger partial charge on any atom is -0.394 e. The van der Waals surface area contributed by atoms with E-state index in [9.17, 15) is 45.6 Å². The molecule has 2 rings (SSSR count). The standard InChI is InChI=1S/C81H145NO13/c1-3-5-7-9-11-13-15-17-19-21-23-25-27-29-31-33-34-35-36-37-39-41-43-45-47-49-51-53-55-57-59-61-63-65-73(86)82-69(68-92-80-78(91)76(89)79(72(67-84)94-80)95-81-77(90)75(88)74(87)71(66-83)93-81)70(85)64-62-60-58-56-54-52-50-48-46-44-42-40-38-32-30-28-26-24-22-20-18-16-14-12-10-8-6-4-2/h5,7,11,13,17,19,23,25,29,31,34-35,62,64,69-72,74-81,83-85,87-91H,3-4,6,8-10,12,14-16,18,20-22,24,26-28,30,32-33,36-61,63,65-68H2,1-2H3,(H,82,86)/b7-5-,13-11-,19-17-,25-23-,31-29-,35-34-,64-62+. The first-order valence-electron chi connectivity index (χ1n) is 39.3. The van der Waals surface area contributed by atoms with E-state index in [1.54, 1.807) is 6.08 Å². The van der Waals surface area contributed by atoms with Crippen LogP contribution in [0.5, 0.6) is 0 Å². The van der Waals surface area contributed by atoms with Crippen molar-refractivity contribution >= 4 is 5.91 Å². The van der Waals surface area contributed by atoms with Gasteiger partial charge in [0.25, 0.3) is 0 Å². The highest BCUT2D eigenvalue weighted by molar-refractivity contribution is 5.76. The molecule has 2 saturated heterocycles. The number of hydrogen-bond acceptors (Lipinski definition) is 13. The van der Waals surface area contributed by atoms with Gasteiger partial charge >= 0.3 is 0 Å². The molecular formula is C81H145NO13. The van der Waals surface area contributed by atoms with Crippen LogP contribution < -0.4 is 5.32 Å². The second kappa shape index (κ2) is 64.5. The molecule has 1 amide bonds. The van der Waals surface area contributed by atoms with Crippen LogP contribution in [-0.2, 0) is 23.7 Å². The minimum absolute atomic E-state index is 0.238. The number of carbonyl (C=O) groups is 1. The Balaban J connectivity index is 1.63. The molecule has 95 heavy (non-hydrogen) atoms. The third-order valence-electron chi connectivity index (χ3n) is 18.8. The summed E-state index contributed by atoms with van der Waals surface area (Å²) in [5, 5.41) is 87.7. The Labute approximate surface area is 580 Å². The number of ether oxygens (including phenoxy) is 4. The van der Waals surface area contributed by atoms with Crippen molar-refractivity contribution in [3.63, 3.8) is 0 Å². The van der Waals surface area contributed by atoms with Crippen LogP contribution in [0.3, 0.4) is 0 Å². The van der Waals surface area contributed by atoms with Crippen LogP contribution in [0.4, 0.5) is 0 Å². The normalized spacial score (nSPS) is 22.8. The number of nitrogens with one attached hydrogen (secondary N) is 1. The average Bonchev–Trinajstić information content (AvgIpc) is 0.801. The van der Waals surface area contributed by atoms with Crippen molar-refractivity contribution in [1.29, 1.82) is 0 Å². The van der Waals surface area contributed by atoms with Crippen molar-refractivity contribution in [3.8, 4) is 0 Å². The van der Waals surface area contributed by atoms with Gasteiger partial charge in [-0.3, -0.25) is 4.79 Å². The first-order valence-corrected chi connectivity index (χ1v) is 39.3. The highest BCUT2D eigenvalue weighted by atomic mass is 16.7. The fraction of sp³-hybridized carbons (Fsp3) is 0.815. The van der Waals surface area contributed by atoms with Crippen LogP contribution >= 0.6 is 0 Å². The van der Waals surface area contributed by atoms with E-state index < -0.39 is 86.8 Å². The van der Waals surface area contributed by atoms with Crippen LogP contribution in [0.15, 0.2) is 85.1 Å². The van der Waals surface area contributed by atoms with Crippen molar-refractivity contribution in [1.82, 2.24) is 5.32 Å². The molecule has 12 atom stereocenters. The number of aliphatic hydroxyl groups is 8. The number of amides is 1. The minimum atomic E-state index is -1.79. The summed E-state index contributed by atoms with van der Waals surface area (Å²) in [4.78, 5) is 13.4. The lowest BCUT2D eigenvalue weighted by molar-refractivity contribution is -0.359. The van der Waals surface area contributed by atoms with Crippen molar-refractivity contribution in [2.75, 3.05) is 19.8 Å². The second-order valence-electron chi connectivity index (χ2n) is 27.5. The van der Waals surface area contributed by atoms with Crippen LogP contribution in [0, 0.1) is 0 Å². The smallest absolute Gasteiger partial charge is 0.220 e. The number of rotatable bonds is 65. The largest absolute Gasteiger partial charge is 0.394 e. The maximum absolute atomic E-state index is 13.4. The number of allylic oxidation sites excluding steroid dienone is 13. The highest BCUT2D eigenvalue weighted by Crippen LogP contribution is 2.30. The molecule has 0 saturated carbocycles. The molecule has 2 fully saturated rings. The maximum atomic E-state index is 13.4. The van der Waals surface area contributed by atoms with E-state index in [1.807, 2.05) is 6.08 Å². The third kappa shape index (κ3) is 47.8. The lowest BCUT2D eigenvalue weighted by Gasteiger charge is -2.46. The van der Waals surface area contributed by atoms with E-state index in [0.717, 1.165) is 77.0 Å². The summed E-state index contributed by atoms with van der Waals surface area (Å²) in [5.41, 5.74) is 0. The van der Waals surface area contributed by atoms with Crippen LogP contribution in [-0.4, -0.2) is 140 Å². The van der Waals surface area contributed by atoms with E-state index in [0.29, 0.717) is 6.42 Å². The number of aliphatic hydroxyl groups excluding tert-OH is 8. The molecule has 14 heteroatoms. The third-order valence-corrected chi connectivity index (χ3v) is 18.8. The molecule has 0 bridgehead atoms. The van der Waals surface area contributed by atoms with Crippen LogP contribution in [0.25, 0.3) is 0 Å². The molecule has 0 radical (unpaired) electrons. The summed E-state index contributed by atoms with van der Waals surface area (Å²) in [6.07, 6.45) is 73.6. The van der Waals surface area contributed by atoms with Gasteiger partial charge in [-0.15, -0.1) is 0 Å². The molecule has 0 aromatic rings. The van der Waals surface area contributed by atoms with Gasteiger partial charge in [-0.05, 0) is 70.6 Å². The Hall–Kier alpha value is -2.83. The molecule has 12 unspecified atom stereocenters. The van der Waals surface area contributed by atoms with Crippen molar-refractivity contribution < 1.29 is 64.6 Å². The van der Waals surface area contributed by atoms with Gasteiger partial charge in [-0.25, -0.2) is 0 Å². The van der Waals surface area contributed by atoms with Gasteiger partial charge in [0, 0.05) is 6.42 Å². The Kier molecular flexibility index (Phi) is 60.0. The summed E-state index contributed by atoms with van der Waals surface area (Å²) in [7, 11) is 0. The van der Waals surface area contributed by atoms with E-state index >= 15 is 0 Å². The number of unbranched alkanes of at least 4 members (excludes halogenated alkanes) is 40. The predicted octanol–water partition coefficient (Wildman–Crippen LogP) is 17.5. The Morgan fingerprint density at radius 3 is 1.12 bits per heavy atom. The van der Waals surface area contributed by atoms with E-state index in [2.05, 4.69) is 92.1 Å². The van der Waals surface area contributed by atoms with E-state index in [1.165, 1.54) is 225 Å². The molecule has 9 N–H and O–H groups in total. The Bertz CT molecular complexity index is 1920. The van der Waals surface area contributed by atoms with Crippen molar-refractivity contribution in [2.45, 2.75) is 402 Å². The predicted molar refractivity (Wildman–Crippen MR) is 392 cm³/mol. The van der Waals surface area contributed by atoms with Gasteiger partial charge in [0.15, 0.2) is 12.6 Å². The molecule has 0 aromatic carbocycles. The fourth-order valence-corrected chi connectivity index (χ4v) is 12.7. The zero-order valence-electron chi connectivity index (χ0n) is 60.4. The van der Waals surface area contributed by atoms with Gasteiger partial charge in [-0.2, -0.15) is 0 Å². The fourth-order valence-electron chi connectivity index (χ4n) is 12.7. The second-order valence-corrected chi connectivity index (χ2v) is 27.5. The van der Waals surface area contributed by atoms with Gasteiger partial charge in [0.2, 0.25) is 5.91 Å². The zero-order chi connectivity index (χ0) is 68.7. The summed E-state index contributed by atoms with van der Waals surface area (Å²) in [5.74, 6) is -0.238. The van der Waals surface area contributed by atoms with E-state index in [-0.39, 0.29) is 18.9 Å². The van der Waals surface area contributed by atoms with Crippen molar-refractivity contribution in [2.24, 2.45) is 0 Å². The molecule has 0 aromatic heterocycles. The highest BCUT2D eigenvalue weighted by Gasteiger charge is 2.51. The van der Waals surface area contributed by atoms with Gasteiger partial charge < -0.3 is 65.1 Å². The lowest BCUT2D eigenvalue weighted by atomic mass is 9.97. The van der Waals surface area contributed by atoms with Gasteiger partial charge in [-0.1, -0.05) is 336 Å². The molecule has 0 aliphatic carbocycles. The molecule has 0 spiro atoms. The van der Waals surface area contributed by atoms with Gasteiger partial charge in [0.05, 0.1) is 32.0 Å². The monoisotopic (exact) mass is 1340 g/mol. The SMILES string of the molecule is CC/C=C\C/C=C\C/C=C\C/C=C\C/C=C\C/C=C\CCCCCCCCCCCCCCCCC(=O)NC(COC1OC(CO)C(OC2OC(CO)C(O)C(O)C2O)C(O)C1O)C(O)/C=C/CCCCCCCCCCCCCCCCCCCCCCCCCCCC. The van der Waals surface area contributed by atoms with Crippen LogP contribution in [0.2, 0.25) is 0 Å². The summed E-state index contributed by atoms with van der Waals surface area (Å²) < 4.78 is 22.9. The summed E-state index contributed by atoms with van der Waals surface area (Å²) >= 11 is 0. The van der Waals surface area contributed by atoms with E-state index in [4.69, 9.17) is 18.9 Å².